The molecule has 10 nitrogen and oxygen atoms in total. The number of hydrogen-bond donors (Lipinski definition) is 1. The van der Waals surface area contributed by atoms with Crippen LogP contribution >= 0.6 is 11.6 Å². The monoisotopic (exact) mass is 655 g/mol. The van der Waals surface area contributed by atoms with Gasteiger partial charge in [0.15, 0.2) is 5.75 Å². The first-order valence-electron chi connectivity index (χ1n) is 12.8. The van der Waals surface area contributed by atoms with Crippen molar-refractivity contribution < 1.29 is 49.8 Å². The average molecular weight is 656 g/mol. The van der Waals surface area contributed by atoms with Crippen molar-refractivity contribution in [2.24, 2.45) is 0 Å². The molecule has 1 N–H and O–H groups in total. The van der Waals surface area contributed by atoms with Gasteiger partial charge in [0.25, 0.3) is 21.8 Å². The van der Waals surface area contributed by atoms with Crippen LogP contribution in [0, 0.1) is 5.82 Å². The molecule has 5 rings (SSSR count). The van der Waals surface area contributed by atoms with Gasteiger partial charge in [-0.05, 0) is 62.4 Å². The normalized spacial score (nSPS) is 16.8. The Morgan fingerprint density at radius 3 is 2.20 bits per heavy atom. The zero-order valence-electron chi connectivity index (χ0n) is 22.8. The molecule has 0 radical (unpaired) electrons. The van der Waals surface area contributed by atoms with E-state index in [1.165, 1.54) is 12.1 Å². The molecule has 3 aromatic rings. The van der Waals surface area contributed by atoms with Crippen LogP contribution in [0.15, 0.2) is 65.6 Å². The summed E-state index contributed by atoms with van der Waals surface area (Å²) < 4.78 is 92.2. The molecule has 1 atom stereocenters. The Morgan fingerprint density at radius 1 is 1.05 bits per heavy atom. The lowest BCUT2D eigenvalue weighted by Crippen LogP contribution is -2.49. The second-order valence-corrected chi connectivity index (χ2v) is 12.6. The average Bonchev–Trinajstić information content (AvgIpc) is 3.17. The number of benzene rings is 3. The van der Waals surface area contributed by atoms with E-state index in [4.69, 9.17) is 16.3 Å². The van der Waals surface area contributed by atoms with Gasteiger partial charge in [-0.25, -0.2) is 17.6 Å². The first kappa shape index (κ1) is 31.1. The lowest BCUT2D eigenvalue weighted by Gasteiger charge is -2.37. The first-order valence-corrected chi connectivity index (χ1v) is 14.6. The molecule has 0 bridgehead atoms. The van der Waals surface area contributed by atoms with E-state index in [9.17, 15) is 40.4 Å². The molecule has 0 aromatic heterocycles. The highest BCUT2D eigenvalue weighted by molar-refractivity contribution is 7.92. The van der Waals surface area contributed by atoms with E-state index >= 15 is 0 Å². The Balaban J connectivity index is 1.50. The predicted molar refractivity (Wildman–Crippen MR) is 149 cm³/mol. The second kappa shape index (κ2) is 11.0. The number of ether oxygens (including phenoxy) is 2. The number of amides is 3. The maximum Gasteiger partial charge on any atom is 0.427 e. The molecule has 0 aliphatic carbocycles. The molecule has 0 fully saturated rings. The van der Waals surface area contributed by atoms with Gasteiger partial charge in [-0.2, -0.15) is 13.2 Å². The molecule has 3 amide bonds. The van der Waals surface area contributed by atoms with Gasteiger partial charge in [-0.15, -0.1) is 0 Å². The van der Waals surface area contributed by atoms with Crippen molar-refractivity contribution in [2.75, 3.05) is 22.7 Å². The van der Waals surface area contributed by atoms with Crippen molar-refractivity contribution in [1.29, 1.82) is 0 Å². The number of hydrogen-bond acceptors (Lipinski definition) is 7. The molecule has 2 aliphatic heterocycles. The molecule has 0 spiro atoms. The van der Waals surface area contributed by atoms with Crippen LogP contribution < -0.4 is 14.4 Å². The van der Waals surface area contributed by atoms with Crippen LogP contribution in [0.4, 0.5) is 33.7 Å². The van der Waals surface area contributed by atoms with E-state index in [-0.39, 0.29) is 44.7 Å². The van der Waals surface area contributed by atoms with Crippen LogP contribution in [0.3, 0.4) is 0 Å². The Morgan fingerprint density at radius 2 is 1.64 bits per heavy atom. The third-order valence-corrected chi connectivity index (χ3v) is 8.96. The summed E-state index contributed by atoms with van der Waals surface area (Å²) in [4.78, 5) is 38.8. The zero-order chi connectivity index (χ0) is 32.2. The number of anilines is 2. The molecule has 0 saturated carbocycles. The maximum atomic E-state index is 13.8. The highest BCUT2D eigenvalue weighted by Gasteiger charge is 2.51. The standard InChI is InChI=1S/C28H22ClF4N3O7S/c1-27(2,28(31,32)33)43-26(39)34-16-11-21(29)23-22(12-16)36(44(40,41)18-9-7-15(30)8-10-18)14-17(42-23)13-35-24(37)19-5-3-4-6-20(19)25(35)38/h3-12,17H,13-14H2,1-2H3,(H,34,39)/t17-/m0/s1. The van der Waals surface area contributed by atoms with E-state index in [0.717, 1.165) is 45.6 Å². The fourth-order valence-electron chi connectivity index (χ4n) is 4.54. The molecule has 2 heterocycles. The highest BCUT2D eigenvalue weighted by Crippen LogP contribution is 2.45. The molecule has 232 valence electrons. The minimum Gasteiger partial charge on any atom is -0.483 e. The van der Waals surface area contributed by atoms with Gasteiger partial charge < -0.3 is 9.47 Å². The lowest BCUT2D eigenvalue weighted by atomic mass is 10.1. The van der Waals surface area contributed by atoms with Gasteiger partial charge >= 0.3 is 12.3 Å². The van der Waals surface area contributed by atoms with Crippen molar-refractivity contribution in [3.63, 3.8) is 0 Å². The number of fused-ring (bicyclic) bond motifs is 2. The van der Waals surface area contributed by atoms with Crippen molar-refractivity contribution in [2.45, 2.75) is 36.6 Å². The largest absolute Gasteiger partial charge is 0.483 e. The predicted octanol–water partition coefficient (Wildman–Crippen LogP) is 5.62. The van der Waals surface area contributed by atoms with Crippen LogP contribution in [0.1, 0.15) is 34.6 Å². The third-order valence-electron chi connectivity index (χ3n) is 6.89. The Bertz CT molecular complexity index is 1750. The number of rotatable bonds is 6. The van der Waals surface area contributed by atoms with Gasteiger partial charge in [0, 0.05) is 5.69 Å². The number of carbonyl (C=O) groups excluding carboxylic acids is 3. The van der Waals surface area contributed by atoms with E-state index in [2.05, 4.69) is 10.1 Å². The molecule has 0 saturated heterocycles. The summed E-state index contributed by atoms with van der Waals surface area (Å²) in [6, 6.07) is 12.2. The molecule has 3 aromatic carbocycles. The Labute approximate surface area is 253 Å². The summed E-state index contributed by atoms with van der Waals surface area (Å²) in [6.07, 6.45) is -7.54. The van der Waals surface area contributed by atoms with E-state index in [1.807, 2.05) is 0 Å². The minimum absolute atomic E-state index is 0.166. The van der Waals surface area contributed by atoms with E-state index in [0.29, 0.717) is 13.8 Å². The summed E-state index contributed by atoms with van der Waals surface area (Å²) in [5.41, 5.74) is -2.99. The number of imide groups is 1. The summed E-state index contributed by atoms with van der Waals surface area (Å²) in [6.45, 7) is 0.430. The van der Waals surface area contributed by atoms with Crippen molar-refractivity contribution >= 4 is 50.9 Å². The molecule has 0 unspecified atom stereocenters. The smallest absolute Gasteiger partial charge is 0.427 e. The SMILES string of the molecule is CC(C)(OC(=O)Nc1cc(Cl)c2c(c1)N(S(=O)(=O)c1ccc(F)cc1)C[C@H](CN1C(=O)c3ccccc3C1=O)O2)C(F)(F)F. The van der Waals surface area contributed by atoms with Crippen molar-refractivity contribution in [3.8, 4) is 5.75 Å². The third kappa shape index (κ3) is 5.64. The number of nitrogens with one attached hydrogen (secondary N) is 1. The fourth-order valence-corrected chi connectivity index (χ4v) is 6.29. The topological polar surface area (TPSA) is 122 Å². The summed E-state index contributed by atoms with van der Waals surface area (Å²) >= 11 is 6.42. The minimum atomic E-state index is -4.89. The summed E-state index contributed by atoms with van der Waals surface area (Å²) in [5, 5.41) is 1.84. The van der Waals surface area contributed by atoms with Gasteiger partial charge in [0.05, 0.1) is 39.8 Å². The lowest BCUT2D eigenvalue weighted by molar-refractivity contribution is -0.242. The second-order valence-electron chi connectivity index (χ2n) is 10.3. The maximum absolute atomic E-state index is 13.8. The highest BCUT2D eigenvalue weighted by atomic mass is 35.5. The van der Waals surface area contributed by atoms with Crippen LogP contribution in [0.25, 0.3) is 0 Å². The van der Waals surface area contributed by atoms with Gasteiger partial charge in [0.2, 0.25) is 5.60 Å². The number of halogens is 5. The Kier molecular flexibility index (Phi) is 7.74. The number of sulfonamides is 1. The first-order chi connectivity index (χ1) is 20.5. The van der Waals surface area contributed by atoms with Crippen molar-refractivity contribution in [3.05, 3.63) is 82.6 Å². The molecule has 16 heteroatoms. The number of carbonyl (C=O) groups is 3. The molecule has 2 aliphatic rings. The Hall–Kier alpha value is -4.37. The summed E-state index contributed by atoms with van der Waals surface area (Å²) in [7, 11) is -4.50. The molecular formula is C28H22ClF4N3O7S. The molecular weight excluding hydrogens is 634 g/mol. The quantitative estimate of drug-likeness (QED) is 0.270. The van der Waals surface area contributed by atoms with Crippen LogP contribution in [-0.4, -0.2) is 62.2 Å². The number of alkyl halides is 3. The summed E-state index contributed by atoms with van der Waals surface area (Å²) in [5.74, 6) is -2.15. The van der Waals surface area contributed by atoms with Gasteiger partial charge in [-0.3, -0.25) is 24.1 Å². The van der Waals surface area contributed by atoms with Crippen LogP contribution in [0.5, 0.6) is 5.75 Å². The van der Waals surface area contributed by atoms with Crippen LogP contribution in [0.2, 0.25) is 5.02 Å². The van der Waals surface area contributed by atoms with Gasteiger partial charge in [-0.1, -0.05) is 23.7 Å². The van der Waals surface area contributed by atoms with Gasteiger partial charge in [0.1, 0.15) is 11.9 Å². The fraction of sp³-hybridized carbons (Fsp3) is 0.250. The van der Waals surface area contributed by atoms with Crippen LogP contribution in [-0.2, 0) is 14.8 Å². The number of nitrogens with zero attached hydrogens (tertiary/aromatic N) is 2. The van der Waals surface area contributed by atoms with E-state index < -0.39 is 58.2 Å². The van der Waals surface area contributed by atoms with Crippen molar-refractivity contribution in [1.82, 2.24) is 4.90 Å². The van der Waals surface area contributed by atoms with E-state index in [1.54, 1.807) is 12.1 Å². The zero-order valence-corrected chi connectivity index (χ0v) is 24.4. The molecule has 44 heavy (non-hydrogen) atoms.